The van der Waals surface area contributed by atoms with Gasteiger partial charge in [0.1, 0.15) is 5.82 Å². The van der Waals surface area contributed by atoms with Gasteiger partial charge in [-0.15, -0.1) is 0 Å². The fourth-order valence-electron chi connectivity index (χ4n) is 1.87. The monoisotopic (exact) mass is 304 g/mol. The van der Waals surface area contributed by atoms with Gasteiger partial charge in [0, 0.05) is 19.5 Å². The van der Waals surface area contributed by atoms with Crippen LogP contribution in [0.25, 0.3) is 0 Å². The van der Waals surface area contributed by atoms with Crippen molar-refractivity contribution in [3.63, 3.8) is 0 Å². The molecular weight excluding hydrogens is 287 g/mol. The second kappa shape index (κ2) is 7.97. The fourth-order valence-corrected chi connectivity index (χ4v) is 1.87. The number of hydrogen-bond donors (Lipinski definition) is 2. The topological polar surface area (TPSA) is 71.3 Å². The van der Waals surface area contributed by atoms with Crippen molar-refractivity contribution in [3.05, 3.63) is 59.8 Å². The molecule has 0 spiro atoms. The van der Waals surface area contributed by atoms with Crippen LogP contribution in [0.3, 0.4) is 0 Å². The summed E-state index contributed by atoms with van der Waals surface area (Å²) in [4.78, 5) is 23.2. The summed E-state index contributed by atoms with van der Waals surface area (Å²) in [7, 11) is 0. The van der Waals surface area contributed by atoms with Crippen molar-refractivity contribution in [2.24, 2.45) is 0 Å². The van der Waals surface area contributed by atoms with Gasteiger partial charge in [0.05, 0.1) is 6.26 Å². The molecule has 0 radical (unpaired) electrons. The molecule has 1 aromatic carbocycles. The average Bonchev–Trinajstić information content (AvgIpc) is 3.03. The Hall–Kier alpha value is -2.63. The van der Waals surface area contributed by atoms with Gasteiger partial charge in [0.25, 0.3) is 5.91 Å². The van der Waals surface area contributed by atoms with Crippen LogP contribution in [0.4, 0.5) is 4.39 Å². The van der Waals surface area contributed by atoms with E-state index in [0.29, 0.717) is 13.0 Å². The van der Waals surface area contributed by atoms with Gasteiger partial charge in [-0.3, -0.25) is 9.59 Å². The molecule has 2 N–H and O–H groups in total. The molecule has 0 saturated heterocycles. The lowest BCUT2D eigenvalue weighted by Gasteiger charge is -2.06. The maximum atomic E-state index is 12.7. The Bertz CT molecular complexity index is 609. The summed E-state index contributed by atoms with van der Waals surface area (Å²) in [5.41, 5.74) is 0.952. The summed E-state index contributed by atoms with van der Waals surface area (Å²) < 4.78 is 17.7. The van der Waals surface area contributed by atoms with Crippen LogP contribution in [0.5, 0.6) is 0 Å². The van der Waals surface area contributed by atoms with Crippen LogP contribution < -0.4 is 10.6 Å². The predicted octanol–water partition coefficient (Wildman–Crippen LogP) is 1.90. The predicted molar refractivity (Wildman–Crippen MR) is 78.8 cm³/mol. The van der Waals surface area contributed by atoms with E-state index in [1.54, 1.807) is 24.3 Å². The number of carbonyl (C=O) groups is 2. The van der Waals surface area contributed by atoms with Crippen molar-refractivity contribution in [1.29, 1.82) is 0 Å². The van der Waals surface area contributed by atoms with Gasteiger partial charge < -0.3 is 15.1 Å². The Morgan fingerprint density at radius 2 is 1.82 bits per heavy atom. The number of rotatable bonds is 7. The molecule has 0 unspecified atom stereocenters. The molecule has 22 heavy (non-hydrogen) atoms. The largest absolute Gasteiger partial charge is 0.459 e. The van der Waals surface area contributed by atoms with Crippen LogP contribution in [0.2, 0.25) is 0 Å². The minimum atomic E-state index is -0.343. The molecule has 2 aromatic rings. The number of benzene rings is 1. The first kappa shape index (κ1) is 15.8. The third-order valence-electron chi connectivity index (χ3n) is 3.03. The summed E-state index contributed by atoms with van der Waals surface area (Å²) >= 11 is 0. The zero-order valence-electron chi connectivity index (χ0n) is 12.0. The minimum Gasteiger partial charge on any atom is -0.459 e. The lowest BCUT2D eigenvalue weighted by molar-refractivity contribution is -0.120. The highest BCUT2D eigenvalue weighted by atomic mass is 19.1. The molecule has 0 saturated carbocycles. The highest BCUT2D eigenvalue weighted by Crippen LogP contribution is 2.02. The highest BCUT2D eigenvalue weighted by molar-refractivity contribution is 5.91. The van der Waals surface area contributed by atoms with Gasteiger partial charge in [-0.05, 0) is 36.2 Å². The first-order chi connectivity index (χ1) is 10.6. The van der Waals surface area contributed by atoms with Crippen molar-refractivity contribution in [2.75, 3.05) is 13.1 Å². The maximum Gasteiger partial charge on any atom is 0.286 e. The Morgan fingerprint density at radius 3 is 2.50 bits per heavy atom. The summed E-state index contributed by atoms with van der Waals surface area (Å²) in [5, 5.41) is 5.34. The van der Waals surface area contributed by atoms with Gasteiger partial charge in [0.15, 0.2) is 5.76 Å². The van der Waals surface area contributed by atoms with Gasteiger partial charge in [-0.1, -0.05) is 12.1 Å². The molecule has 1 aromatic heterocycles. The molecule has 0 aliphatic rings. The quantitative estimate of drug-likeness (QED) is 0.820. The number of nitrogens with one attached hydrogen (secondary N) is 2. The van der Waals surface area contributed by atoms with E-state index < -0.39 is 0 Å². The van der Waals surface area contributed by atoms with Crippen LogP contribution in [-0.2, 0) is 11.2 Å². The van der Waals surface area contributed by atoms with E-state index in [4.69, 9.17) is 4.42 Å². The molecule has 116 valence electrons. The molecule has 1 heterocycles. The Morgan fingerprint density at radius 1 is 1.05 bits per heavy atom. The number of amides is 2. The van der Waals surface area contributed by atoms with Gasteiger partial charge in [-0.2, -0.15) is 0 Å². The van der Waals surface area contributed by atoms with Gasteiger partial charge in [0.2, 0.25) is 5.91 Å². The molecule has 0 atom stereocenters. The summed E-state index contributed by atoms with van der Waals surface area (Å²) in [6.45, 7) is 0.707. The SMILES string of the molecule is O=C(CCNC(=O)c1ccco1)NCCc1ccc(F)cc1. The zero-order chi connectivity index (χ0) is 15.8. The van der Waals surface area contributed by atoms with Crippen molar-refractivity contribution in [1.82, 2.24) is 10.6 Å². The fraction of sp³-hybridized carbons (Fsp3) is 0.250. The number of carbonyl (C=O) groups excluding carboxylic acids is 2. The first-order valence-electron chi connectivity index (χ1n) is 6.98. The normalized spacial score (nSPS) is 10.2. The van der Waals surface area contributed by atoms with Crippen molar-refractivity contribution in [2.45, 2.75) is 12.8 Å². The van der Waals surface area contributed by atoms with Crippen molar-refractivity contribution >= 4 is 11.8 Å². The number of hydrogen-bond acceptors (Lipinski definition) is 3. The van der Waals surface area contributed by atoms with E-state index in [-0.39, 0.29) is 36.4 Å². The van der Waals surface area contributed by atoms with Crippen molar-refractivity contribution in [3.8, 4) is 0 Å². The van der Waals surface area contributed by atoms with Crippen molar-refractivity contribution < 1.29 is 18.4 Å². The van der Waals surface area contributed by atoms with E-state index in [2.05, 4.69) is 10.6 Å². The van der Waals surface area contributed by atoms with E-state index >= 15 is 0 Å². The van der Waals surface area contributed by atoms with E-state index in [9.17, 15) is 14.0 Å². The molecular formula is C16H17FN2O3. The molecule has 2 amide bonds. The minimum absolute atomic E-state index is 0.151. The summed E-state index contributed by atoms with van der Waals surface area (Å²) in [6, 6.07) is 9.33. The Labute approximate surface area is 127 Å². The second-order valence-electron chi connectivity index (χ2n) is 4.71. The standard InChI is InChI=1S/C16H17FN2O3/c17-13-5-3-12(4-6-13)7-9-18-15(20)8-10-19-16(21)14-2-1-11-22-14/h1-6,11H,7-10H2,(H,18,20)(H,19,21). The van der Waals surface area contributed by atoms with Crippen LogP contribution in [0.15, 0.2) is 47.1 Å². The van der Waals surface area contributed by atoms with Crippen LogP contribution in [-0.4, -0.2) is 24.9 Å². The van der Waals surface area contributed by atoms with E-state index in [1.165, 1.54) is 18.4 Å². The second-order valence-corrected chi connectivity index (χ2v) is 4.71. The maximum absolute atomic E-state index is 12.7. The van der Waals surface area contributed by atoms with E-state index in [0.717, 1.165) is 5.56 Å². The molecule has 0 fully saturated rings. The molecule has 5 nitrogen and oxygen atoms in total. The summed E-state index contributed by atoms with van der Waals surface area (Å²) in [6.07, 6.45) is 2.23. The van der Waals surface area contributed by atoms with Crippen LogP contribution in [0, 0.1) is 5.82 Å². The molecule has 0 aliphatic carbocycles. The molecule has 2 rings (SSSR count). The Balaban J connectivity index is 1.60. The van der Waals surface area contributed by atoms with Crippen LogP contribution in [0.1, 0.15) is 22.5 Å². The highest BCUT2D eigenvalue weighted by Gasteiger charge is 2.08. The average molecular weight is 304 g/mol. The lowest BCUT2D eigenvalue weighted by Crippen LogP contribution is -2.31. The van der Waals surface area contributed by atoms with Gasteiger partial charge in [-0.25, -0.2) is 4.39 Å². The van der Waals surface area contributed by atoms with Gasteiger partial charge >= 0.3 is 0 Å². The molecule has 6 heteroatoms. The van der Waals surface area contributed by atoms with E-state index in [1.807, 2.05) is 0 Å². The zero-order valence-corrected chi connectivity index (χ0v) is 12.0. The summed E-state index contributed by atoms with van der Waals surface area (Å²) in [5.74, 6) is -0.553. The lowest BCUT2D eigenvalue weighted by atomic mass is 10.1. The number of halogens is 1. The molecule has 0 aliphatic heterocycles. The Kier molecular flexibility index (Phi) is 5.71. The third kappa shape index (κ3) is 5.05. The first-order valence-corrected chi connectivity index (χ1v) is 6.98. The number of furan rings is 1. The molecule has 0 bridgehead atoms. The van der Waals surface area contributed by atoms with Crippen LogP contribution >= 0.6 is 0 Å². The smallest absolute Gasteiger partial charge is 0.286 e. The third-order valence-corrected chi connectivity index (χ3v) is 3.03.